The van der Waals surface area contributed by atoms with Crippen molar-refractivity contribution in [3.05, 3.63) is 30.6 Å². The number of carbonyl (C=O) groups is 1. The Morgan fingerprint density at radius 1 is 1.25 bits per heavy atom. The lowest BCUT2D eigenvalue weighted by Gasteiger charge is -2.27. The van der Waals surface area contributed by atoms with Gasteiger partial charge in [-0.15, -0.1) is 0 Å². The summed E-state index contributed by atoms with van der Waals surface area (Å²) < 4.78 is 5.24. The van der Waals surface area contributed by atoms with Crippen molar-refractivity contribution >= 4 is 22.6 Å². The molecule has 6 nitrogen and oxygen atoms in total. The normalized spacial score (nSPS) is 15.3. The van der Waals surface area contributed by atoms with E-state index in [4.69, 9.17) is 4.74 Å². The number of amides is 1. The van der Waals surface area contributed by atoms with E-state index in [2.05, 4.69) is 15.3 Å². The van der Waals surface area contributed by atoms with Gasteiger partial charge in [-0.3, -0.25) is 4.79 Å². The first kappa shape index (κ1) is 12.8. The Hall–Kier alpha value is -2.21. The largest absolute Gasteiger partial charge is 0.378 e. The van der Waals surface area contributed by atoms with Crippen molar-refractivity contribution in [2.24, 2.45) is 0 Å². The molecule has 1 N–H and O–H groups in total. The van der Waals surface area contributed by atoms with Gasteiger partial charge in [0.1, 0.15) is 12.1 Å². The van der Waals surface area contributed by atoms with Crippen molar-refractivity contribution < 1.29 is 9.53 Å². The molecule has 1 aliphatic heterocycles. The summed E-state index contributed by atoms with van der Waals surface area (Å²) in [6.45, 7) is 2.78. The number of ether oxygens (including phenoxy) is 1. The Balaban J connectivity index is 1.69. The molecule has 0 radical (unpaired) electrons. The molecule has 0 aliphatic carbocycles. The zero-order valence-corrected chi connectivity index (χ0v) is 11.1. The smallest absolute Gasteiger partial charge is 0.242 e. The maximum absolute atomic E-state index is 12.1. The lowest BCUT2D eigenvalue weighted by Crippen LogP contribution is -2.43. The highest BCUT2D eigenvalue weighted by Crippen LogP contribution is 2.17. The van der Waals surface area contributed by atoms with E-state index >= 15 is 0 Å². The fraction of sp³-hybridized carbons (Fsp3) is 0.357. The molecule has 2 heterocycles. The summed E-state index contributed by atoms with van der Waals surface area (Å²) in [5, 5.41) is 4.02. The van der Waals surface area contributed by atoms with Gasteiger partial charge < -0.3 is 15.0 Å². The van der Waals surface area contributed by atoms with Crippen LogP contribution in [0.15, 0.2) is 30.6 Å². The Labute approximate surface area is 116 Å². The van der Waals surface area contributed by atoms with Crippen LogP contribution in [0.5, 0.6) is 0 Å². The van der Waals surface area contributed by atoms with Crippen LogP contribution in [0.1, 0.15) is 0 Å². The fourth-order valence-electron chi connectivity index (χ4n) is 2.23. The highest BCUT2D eigenvalue weighted by molar-refractivity contribution is 5.90. The van der Waals surface area contributed by atoms with Crippen LogP contribution >= 0.6 is 0 Å². The number of hydrogen-bond donors (Lipinski definition) is 1. The molecule has 20 heavy (non-hydrogen) atoms. The van der Waals surface area contributed by atoms with E-state index in [-0.39, 0.29) is 12.5 Å². The molecule has 104 valence electrons. The number of para-hydroxylation sites is 1. The van der Waals surface area contributed by atoms with Gasteiger partial charge in [0.15, 0.2) is 0 Å². The number of benzene rings is 1. The summed E-state index contributed by atoms with van der Waals surface area (Å²) >= 11 is 0. The lowest BCUT2D eigenvalue weighted by molar-refractivity contribution is -0.133. The van der Waals surface area contributed by atoms with Gasteiger partial charge in [0.25, 0.3) is 0 Å². The standard InChI is InChI=1S/C14H16N4O2/c19-13(18-5-7-20-8-6-18)9-15-14-11-3-1-2-4-12(11)16-10-17-14/h1-4,10H,5-9H2,(H,15,16,17). The molecular formula is C14H16N4O2. The molecule has 6 heteroatoms. The van der Waals surface area contributed by atoms with Crippen LogP contribution < -0.4 is 5.32 Å². The number of nitrogens with one attached hydrogen (secondary N) is 1. The van der Waals surface area contributed by atoms with Crippen molar-refractivity contribution in [1.82, 2.24) is 14.9 Å². The van der Waals surface area contributed by atoms with Crippen molar-refractivity contribution in [2.45, 2.75) is 0 Å². The van der Waals surface area contributed by atoms with E-state index in [0.717, 1.165) is 10.9 Å². The second-order valence-corrected chi connectivity index (χ2v) is 4.59. The number of nitrogens with zero attached hydrogens (tertiary/aromatic N) is 3. The van der Waals surface area contributed by atoms with Gasteiger partial charge in [-0.25, -0.2) is 9.97 Å². The fourth-order valence-corrected chi connectivity index (χ4v) is 2.23. The van der Waals surface area contributed by atoms with Crippen molar-refractivity contribution in [3.63, 3.8) is 0 Å². The molecule has 1 aromatic carbocycles. The predicted octanol–water partition coefficient (Wildman–Crippen LogP) is 0.900. The molecule has 0 atom stereocenters. The third-order valence-corrected chi connectivity index (χ3v) is 3.31. The Bertz CT molecular complexity index is 606. The van der Waals surface area contributed by atoms with E-state index in [1.807, 2.05) is 24.3 Å². The summed E-state index contributed by atoms with van der Waals surface area (Å²) in [7, 11) is 0. The number of aromatic nitrogens is 2. The first-order valence-corrected chi connectivity index (χ1v) is 6.64. The summed E-state index contributed by atoms with van der Waals surface area (Å²) in [6, 6.07) is 7.72. The van der Waals surface area contributed by atoms with Crippen molar-refractivity contribution in [2.75, 3.05) is 38.2 Å². The molecule has 1 fully saturated rings. The maximum atomic E-state index is 12.1. The third-order valence-electron chi connectivity index (χ3n) is 3.31. The number of morpholine rings is 1. The molecule has 1 aliphatic rings. The molecule has 0 saturated carbocycles. The summed E-state index contributed by atoms with van der Waals surface area (Å²) in [6.07, 6.45) is 1.50. The minimum absolute atomic E-state index is 0.0657. The van der Waals surface area contributed by atoms with Crippen molar-refractivity contribution in [1.29, 1.82) is 0 Å². The second kappa shape index (κ2) is 5.83. The van der Waals surface area contributed by atoms with E-state index in [0.29, 0.717) is 32.1 Å². The first-order valence-electron chi connectivity index (χ1n) is 6.64. The monoisotopic (exact) mass is 272 g/mol. The number of hydrogen-bond acceptors (Lipinski definition) is 5. The summed E-state index contributed by atoms with van der Waals surface area (Å²) in [5.74, 6) is 0.758. The van der Waals surface area contributed by atoms with E-state index in [1.54, 1.807) is 4.90 Å². The lowest BCUT2D eigenvalue weighted by atomic mass is 10.2. The van der Waals surface area contributed by atoms with Gasteiger partial charge in [-0.2, -0.15) is 0 Å². The van der Waals surface area contributed by atoms with Gasteiger partial charge in [0.05, 0.1) is 25.3 Å². The second-order valence-electron chi connectivity index (χ2n) is 4.59. The number of fused-ring (bicyclic) bond motifs is 1. The van der Waals surface area contributed by atoms with Crippen LogP contribution in [0.4, 0.5) is 5.82 Å². The van der Waals surface area contributed by atoms with Gasteiger partial charge in [0, 0.05) is 18.5 Å². The topological polar surface area (TPSA) is 67.4 Å². The molecule has 0 spiro atoms. The zero-order chi connectivity index (χ0) is 13.8. The Morgan fingerprint density at radius 2 is 2.05 bits per heavy atom. The van der Waals surface area contributed by atoms with Crippen LogP contribution in [0, 0.1) is 0 Å². The highest BCUT2D eigenvalue weighted by atomic mass is 16.5. The van der Waals surface area contributed by atoms with Crippen LogP contribution in [-0.2, 0) is 9.53 Å². The first-order chi connectivity index (χ1) is 9.84. The summed E-state index contributed by atoms with van der Waals surface area (Å²) in [4.78, 5) is 22.3. The Kier molecular flexibility index (Phi) is 3.73. The van der Waals surface area contributed by atoms with E-state index < -0.39 is 0 Å². The van der Waals surface area contributed by atoms with Gasteiger partial charge >= 0.3 is 0 Å². The molecule has 1 aromatic heterocycles. The van der Waals surface area contributed by atoms with E-state index in [1.165, 1.54) is 6.33 Å². The quantitative estimate of drug-likeness (QED) is 0.899. The minimum atomic E-state index is 0.0657. The van der Waals surface area contributed by atoms with Gasteiger partial charge in [0.2, 0.25) is 5.91 Å². The number of rotatable bonds is 3. The molecule has 2 aromatic rings. The van der Waals surface area contributed by atoms with Gasteiger partial charge in [-0.1, -0.05) is 12.1 Å². The molecule has 3 rings (SSSR count). The SMILES string of the molecule is O=C(CNc1ncnc2ccccc12)N1CCOCC1. The third kappa shape index (κ3) is 2.70. The summed E-state index contributed by atoms with van der Waals surface area (Å²) in [5.41, 5.74) is 0.865. The molecule has 1 amide bonds. The average molecular weight is 272 g/mol. The van der Waals surface area contributed by atoms with Crippen LogP contribution in [-0.4, -0.2) is 53.6 Å². The van der Waals surface area contributed by atoms with Crippen LogP contribution in [0.25, 0.3) is 10.9 Å². The zero-order valence-electron chi connectivity index (χ0n) is 11.1. The van der Waals surface area contributed by atoms with E-state index in [9.17, 15) is 4.79 Å². The molecule has 0 bridgehead atoms. The molecule has 0 unspecified atom stereocenters. The number of carbonyl (C=O) groups excluding carboxylic acids is 1. The average Bonchev–Trinajstić information content (AvgIpc) is 2.53. The molecule has 1 saturated heterocycles. The Morgan fingerprint density at radius 3 is 2.90 bits per heavy atom. The van der Waals surface area contributed by atoms with Crippen molar-refractivity contribution in [3.8, 4) is 0 Å². The molecular weight excluding hydrogens is 256 g/mol. The predicted molar refractivity (Wildman–Crippen MR) is 75.4 cm³/mol. The highest BCUT2D eigenvalue weighted by Gasteiger charge is 2.16. The van der Waals surface area contributed by atoms with Crippen LogP contribution in [0.2, 0.25) is 0 Å². The number of anilines is 1. The van der Waals surface area contributed by atoms with Crippen LogP contribution in [0.3, 0.4) is 0 Å². The van der Waals surface area contributed by atoms with Gasteiger partial charge in [-0.05, 0) is 12.1 Å². The minimum Gasteiger partial charge on any atom is -0.378 e. The maximum Gasteiger partial charge on any atom is 0.242 e.